The lowest BCUT2D eigenvalue weighted by Crippen LogP contribution is -2.52. The molecule has 2 aliphatic heterocycles. The average molecular weight is 269 g/mol. The van der Waals surface area contributed by atoms with Crippen LogP contribution in [0, 0.1) is 0 Å². The van der Waals surface area contributed by atoms with Gasteiger partial charge >= 0.3 is 5.97 Å². The fourth-order valence-electron chi connectivity index (χ4n) is 2.79. The number of piperazine rings is 1. The molecule has 0 aromatic carbocycles. The van der Waals surface area contributed by atoms with E-state index < -0.39 is 0 Å². The molecule has 2 rings (SSSR count). The SMILES string of the molecule is COC(=O)CCN1CCN(C2CCN(C)C2=O)CC1. The lowest BCUT2D eigenvalue weighted by molar-refractivity contribution is -0.141. The Balaban J connectivity index is 1.73. The van der Waals surface area contributed by atoms with Crippen molar-refractivity contribution in [1.82, 2.24) is 14.7 Å². The van der Waals surface area contributed by atoms with Gasteiger partial charge in [-0.15, -0.1) is 0 Å². The van der Waals surface area contributed by atoms with Gasteiger partial charge in [-0.25, -0.2) is 0 Å². The number of amides is 1. The first-order chi connectivity index (χ1) is 9.11. The Hall–Kier alpha value is -1.14. The van der Waals surface area contributed by atoms with Gasteiger partial charge in [0, 0.05) is 46.3 Å². The van der Waals surface area contributed by atoms with Crippen molar-refractivity contribution in [1.29, 1.82) is 0 Å². The summed E-state index contributed by atoms with van der Waals surface area (Å²) in [5.41, 5.74) is 0. The Labute approximate surface area is 114 Å². The van der Waals surface area contributed by atoms with E-state index in [0.29, 0.717) is 6.42 Å². The summed E-state index contributed by atoms with van der Waals surface area (Å²) in [5, 5.41) is 0. The van der Waals surface area contributed by atoms with E-state index >= 15 is 0 Å². The predicted octanol–water partition coefficient (Wildman–Crippen LogP) is -0.602. The summed E-state index contributed by atoms with van der Waals surface area (Å²) in [4.78, 5) is 29.4. The Morgan fingerprint density at radius 2 is 1.95 bits per heavy atom. The molecule has 0 bridgehead atoms. The van der Waals surface area contributed by atoms with Crippen LogP contribution in [0.4, 0.5) is 0 Å². The smallest absolute Gasteiger partial charge is 0.306 e. The molecule has 2 aliphatic rings. The highest BCUT2D eigenvalue weighted by molar-refractivity contribution is 5.83. The van der Waals surface area contributed by atoms with E-state index in [-0.39, 0.29) is 17.9 Å². The summed E-state index contributed by atoms with van der Waals surface area (Å²) in [6.45, 7) is 5.27. The zero-order valence-corrected chi connectivity index (χ0v) is 11.8. The van der Waals surface area contributed by atoms with Crippen molar-refractivity contribution in [3.8, 4) is 0 Å². The van der Waals surface area contributed by atoms with E-state index in [1.165, 1.54) is 7.11 Å². The molecule has 0 aliphatic carbocycles. The molecule has 2 fully saturated rings. The van der Waals surface area contributed by atoms with Crippen LogP contribution in [0.1, 0.15) is 12.8 Å². The molecule has 2 saturated heterocycles. The van der Waals surface area contributed by atoms with Crippen LogP contribution in [0.3, 0.4) is 0 Å². The Kier molecular flexibility index (Phi) is 4.76. The zero-order valence-electron chi connectivity index (χ0n) is 11.8. The number of likely N-dealkylation sites (tertiary alicyclic amines) is 1. The number of likely N-dealkylation sites (N-methyl/N-ethyl adjacent to an activating group) is 1. The maximum atomic E-state index is 11.9. The first kappa shape index (κ1) is 14.3. The Bertz CT molecular complexity index is 340. The largest absolute Gasteiger partial charge is 0.469 e. The van der Waals surface area contributed by atoms with Gasteiger partial charge in [0.25, 0.3) is 0 Å². The average Bonchev–Trinajstić information content (AvgIpc) is 2.77. The van der Waals surface area contributed by atoms with Crippen molar-refractivity contribution in [3.05, 3.63) is 0 Å². The van der Waals surface area contributed by atoms with E-state index in [1.807, 2.05) is 11.9 Å². The molecule has 1 unspecified atom stereocenters. The van der Waals surface area contributed by atoms with E-state index in [0.717, 1.165) is 45.7 Å². The normalized spacial score (nSPS) is 25.9. The number of esters is 1. The monoisotopic (exact) mass is 269 g/mol. The van der Waals surface area contributed by atoms with Gasteiger partial charge in [-0.1, -0.05) is 0 Å². The van der Waals surface area contributed by atoms with Gasteiger partial charge in [0.1, 0.15) is 0 Å². The number of hydrogen-bond acceptors (Lipinski definition) is 5. The summed E-state index contributed by atoms with van der Waals surface area (Å²) in [6.07, 6.45) is 1.39. The van der Waals surface area contributed by atoms with Gasteiger partial charge in [-0.05, 0) is 6.42 Å². The predicted molar refractivity (Wildman–Crippen MR) is 70.7 cm³/mol. The van der Waals surface area contributed by atoms with Crippen molar-refractivity contribution < 1.29 is 14.3 Å². The van der Waals surface area contributed by atoms with Crippen LogP contribution in [0.15, 0.2) is 0 Å². The molecule has 108 valence electrons. The molecule has 2 heterocycles. The van der Waals surface area contributed by atoms with Crippen molar-refractivity contribution in [2.75, 3.05) is 53.4 Å². The molecular formula is C13H23N3O3. The van der Waals surface area contributed by atoms with Gasteiger partial charge < -0.3 is 14.5 Å². The maximum absolute atomic E-state index is 11.9. The highest BCUT2D eigenvalue weighted by Crippen LogP contribution is 2.17. The summed E-state index contributed by atoms with van der Waals surface area (Å²) >= 11 is 0. The molecule has 0 spiro atoms. The number of hydrogen-bond donors (Lipinski definition) is 0. The lowest BCUT2D eigenvalue weighted by atomic mass is 10.1. The second-order valence-electron chi connectivity index (χ2n) is 5.27. The molecular weight excluding hydrogens is 246 g/mol. The molecule has 0 N–H and O–H groups in total. The number of carbonyl (C=O) groups is 2. The highest BCUT2D eigenvalue weighted by Gasteiger charge is 2.35. The van der Waals surface area contributed by atoms with Gasteiger partial charge in [0.05, 0.1) is 19.6 Å². The molecule has 0 saturated carbocycles. The fraction of sp³-hybridized carbons (Fsp3) is 0.846. The lowest BCUT2D eigenvalue weighted by Gasteiger charge is -2.37. The molecule has 6 nitrogen and oxygen atoms in total. The molecule has 6 heteroatoms. The molecule has 0 aromatic heterocycles. The standard InChI is InChI=1S/C13H23N3O3/c1-14-5-3-11(13(14)18)16-9-7-15(8-10-16)6-4-12(17)19-2/h11H,3-10H2,1-2H3. The van der Waals surface area contributed by atoms with Crippen LogP contribution < -0.4 is 0 Å². The summed E-state index contributed by atoms with van der Waals surface area (Å²) < 4.78 is 4.64. The van der Waals surface area contributed by atoms with E-state index in [4.69, 9.17) is 0 Å². The number of methoxy groups -OCH3 is 1. The minimum absolute atomic E-state index is 0.0766. The number of rotatable bonds is 4. The van der Waals surface area contributed by atoms with E-state index in [9.17, 15) is 9.59 Å². The highest BCUT2D eigenvalue weighted by atomic mass is 16.5. The van der Waals surface area contributed by atoms with Gasteiger partial charge in [0.2, 0.25) is 5.91 Å². The summed E-state index contributed by atoms with van der Waals surface area (Å²) in [5.74, 6) is 0.0954. The Morgan fingerprint density at radius 3 is 2.47 bits per heavy atom. The van der Waals surface area contributed by atoms with Crippen LogP contribution in [-0.4, -0.2) is 86.0 Å². The van der Waals surface area contributed by atoms with Crippen LogP contribution in [-0.2, 0) is 14.3 Å². The van der Waals surface area contributed by atoms with Crippen molar-refractivity contribution >= 4 is 11.9 Å². The number of carbonyl (C=O) groups excluding carboxylic acids is 2. The summed E-state index contributed by atoms with van der Waals surface area (Å²) in [6, 6.07) is 0.0766. The first-order valence-corrected chi connectivity index (χ1v) is 6.90. The minimum atomic E-state index is -0.157. The second kappa shape index (κ2) is 6.34. The summed E-state index contributed by atoms with van der Waals surface area (Å²) in [7, 11) is 3.29. The first-order valence-electron chi connectivity index (χ1n) is 6.90. The minimum Gasteiger partial charge on any atom is -0.469 e. The molecule has 19 heavy (non-hydrogen) atoms. The third-order valence-electron chi connectivity index (χ3n) is 4.11. The van der Waals surface area contributed by atoms with E-state index in [2.05, 4.69) is 14.5 Å². The molecule has 1 atom stereocenters. The van der Waals surface area contributed by atoms with Gasteiger partial charge in [-0.2, -0.15) is 0 Å². The zero-order chi connectivity index (χ0) is 13.8. The van der Waals surface area contributed by atoms with Crippen molar-refractivity contribution in [2.24, 2.45) is 0 Å². The molecule has 0 radical (unpaired) electrons. The van der Waals surface area contributed by atoms with Crippen LogP contribution in [0.2, 0.25) is 0 Å². The third kappa shape index (κ3) is 3.45. The fourth-order valence-corrected chi connectivity index (χ4v) is 2.79. The topological polar surface area (TPSA) is 53.1 Å². The molecule has 1 amide bonds. The molecule has 0 aromatic rings. The Morgan fingerprint density at radius 1 is 1.26 bits per heavy atom. The number of nitrogens with zero attached hydrogens (tertiary/aromatic N) is 3. The maximum Gasteiger partial charge on any atom is 0.306 e. The van der Waals surface area contributed by atoms with Crippen molar-refractivity contribution in [3.63, 3.8) is 0 Å². The van der Waals surface area contributed by atoms with Crippen molar-refractivity contribution in [2.45, 2.75) is 18.9 Å². The van der Waals surface area contributed by atoms with E-state index in [1.54, 1.807) is 0 Å². The van der Waals surface area contributed by atoms with Crippen LogP contribution >= 0.6 is 0 Å². The van der Waals surface area contributed by atoms with Crippen LogP contribution in [0.25, 0.3) is 0 Å². The quantitative estimate of drug-likeness (QED) is 0.638. The van der Waals surface area contributed by atoms with Gasteiger partial charge in [-0.3, -0.25) is 14.5 Å². The van der Waals surface area contributed by atoms with Crippen LogP contribution in [0.5, 0.6) is 0 Å². The van der Waals surface area contributed by atoms with Gasteiger partial charge in [0.15, 0.2) is 0 Å². The third-order valence-corrected chi connectivity index (χ3v) is 4.11. The second-order valence-corrected chi connectivity index (χ2v) is 5.27. The number of ether oxygens (including phenoxy) is 1.